The SMILES string of the molecule is CSc1nc(C(=O)O)c(C2CC2)n1C. The minimum atomic E-state index is -0.914. The van der Waals surface area contributed by atoms with Crippen molar-refractivity contribution in [2.24, 2.45) is 7.05 Å². The molecule has 0 aromatic carbocycles. The fraction of sp³-hybridized carbons (Fsp3) is 0.556. The van der Waals surface area contributed by atoms with Gasteiger partial charge in [-0.15, -0.1) is 0 Å². The first-order valence-electron chi connectivity index (χ1n) is 4.49. The summed E-state index contributed by atoms with van der Waals surface area (Å²) in [6, 6.07) is 0. The topological polar surface area (TPSA) is 55.1 Å². The average Bonchev–Trinajstić information content (AvgIpc) is 2.90. The lowest BCUT2D eigenvalue weighted by molar-refractivity contribution is 0.0689. The second-order valence-corrected chi connectivity index (χ2v) is 4.24. The van der Waals surface area contributed by atoms with Crippen molar-refractivity contribution in [1.82, 2.24) is 9.55 Å². The van der Waals surface area contributed by atoms with Crippen LogP contribution in [0.15, 0.2) is 5.16 Å². The second-order valence-electron chi connectivity index (χ2n) is 3.47. The standard InChI is InChI=1S/C9H12N2O2S/c1-11-7(5-3-4-5)6(8(12)13)10-9(11)14-2/h5H,3-4H2,1-2H3,(H,12,13). The van der Waals surface area contributed by atoms with Gasteiger partial charge in [0.2, 0.25) is 0 Å². The van der Waals surface area contributed by atoms with Crippen LogP contribution in [0.1, 0.15) is 34.9 Å². The van der Waals surface area contributed by atoms with E-state index in [9.17, 15) is 4.79 Å². The predicted molar refractivity (Wildman–Crippen MR) is 53.9 cm³/mol. The highest BCUT2D eigenvalue weighted by molar-refractivity contribution is 7.98. The second kappa shape index (κ2) is 3.31. The number of thioether (sulfide) groups is 1. The molecule has 1 fully saturated rings. The minimum absolute atomic E-state index is 0.236. The van der Waals surface area contributed by atoms with Gasteiger partial charge in [-0.3, -0.25) is 0 Å². The van der Waals surface area contributed by atoms with Crippen LogP contribution < -0.4 is 0 Å². The maximum absolute atomic E-state index is 11.0. The molecule has 5 heteroatoms. The normalized spacial score (nSPS) is 15.9. The van der Waals surface area contributed by atoms with Crippen molar-refractivity contribution in [2.75, 3.05) is 6.26 Å². The van der Waals surface area contributed by atoms with Gasteiger partial charge in [0.05, 0.1) is 5.69 Å². The lowest BCUT2D eigenvalue weighted by atomic mass is 10.2. The molecule has 0 atom stereocenters. The van der Waals surface area contributed by atoms with E-state index in [1.54, 1.807) is 0 Å². The molecule has 0 radical (unpaired) electrons. The fourth-order valence-corrected chi connectivity index (χ4v) is 2.21. The van der Waals surface area contributed by atoms with E-state index in [1.165, 1.54) is 11.8 Å². The molecule has 4 nitrogen and oxygen atoms in total. The first-order chi connectivity index (χ1) is 6.65. The summed E-state index contributed by atoms with van der Waals surface area (Å²) in [7, 11) is 1.89. The smallest absolute Gasteiger partial charge is 0.356 e. The third kappa shape index (κ3) is 1.41. The van der Waals surface area contributed by atoms with Crippen LogP contribution in [0.3, 0.4) is 0 Å². The van der Waals surface area contributed by atoms with E-state index < -0.39 is 5.97 Å². The molecule has 1 aromatic heterocycles. The highest BCUT2D eigenvalue weighted by Crippen LogP contribution is 2.42. The zero-order chi connectivity index (χ0) is 10.3. The summed E-state index contributed by atoms with van der Waals surface area (Å²) in [5.74, 6) is -0.498. The summed E-state index contributed by atoms with van der Waals surface area (Å²) in [6.07, 6.45) is 4.09. The van der Waals surface area contributed by atoms with Crippen LogP contribution in [0.25, 0.3) is 0 Å². The van der Waals surface area contributed by atoms with Crippen molar-refractivity contribution in [3.05, 3.63) is 11.4 Å². The maximum Gasteiger partial charge on any atom is 0.356 e. The van der Waals surface area contributed by atoms with E-state index >= 15 is 0 Å². The summed E-state index contributed by atoms with van der Waals surface area (Å²) >= 11 is 1.48. The largest absolute Gasteiger partial charge is 0.476 e. The van der Waals surface area contributed by atoms with E-state index in [4.69, 9.17) is 5.11 Å². The molecule has 1 aliphatic rings. The third-order valence-electron chi connectivity index (χ3n) is 2.45. The molecule has 1 aromatic rings. The van der Waals surface area contributed by atoms with Gasteiger partial charge < -0.3 is 9.67 Å². The molecule has 0 saturated heterocycles. The molecular formula is C9H12N2O2S. The number of nitrogens with zero attached hydrogens (tertiary/aromatic N) is 2. The summed E-state index contributed by atoms with van der Waals surface area (Å²) in [6.45, 7) is 0. The van der Waals surface area contributed by atoms with Gasteiger partial charge in [0, 0.05) is 13.0 Å². The maximum atomic E-state index is 11.0. The number of aromatic carboxylic acids is 1. The van der Waals surface area contributed by atoms with Gasteiger partial charge in [0.15, 0.2) is 10.9 Å². The molecular weight excluding hydrogens is 200 g/mol. The van der Waals surface area contributed by atoms with Crippen LogP contribution in [0, 0.1) is 0 Å². The van der Waals surface area contributed by atoms with E-state index in [-0.39, 0.29) is 5.69 Å². The van der Waals surface area contributed by atoms with Crippen molar-refractivity contribution >= 4 is 17.7 Å². The highest BCUT2D eigenvalue weighted by Gasteiger charge is 2.33. The molecule has 1 N–H and O–H groups in total. The van der Waals surface area contributed by atoms with Crippen LogP contribution >= 0.6 is 11.8 Å². The van der Waals surface area contributed by atoms with Crippen LogP contribution in [-0.4, -0.2) is 26.9 Å². The van der Waals surface area contributed by atoms with Gasteiger partial charge >= 0.3 is 5.97 Å². The quantitative estimate of drug-likeness (QED) is 0.775. The summed E-state index contributed by atoms with van der Waals surface area (Å²) in [5.41, 5.74) is 1.13. The average molecular weight is 212 g/mol. The highest BCUT2D eigenvalue weighted by atomic mass is 32.2. The lowest BCUT2D eigenvalue weighted by Gasteiger charge is -2.02. The third-order valence-corrected chi connectivity index (χ3v) is 3.18. The summed E-state index contributed by atoms with van der Waals surface area (Å²) < 4.78 is 1.91. The Morgan fingerprint density at radius 1 is 1.64 bits per heavy atom. The number of aromatic nitrogens is 2. The Kier molecular flexibility index (Phi) is 2.26. The van der Waals surface area contributed by atoms with Crippen LogP contribution in [0.2, 0.25) is 0 Å². The van der Waals surface area contributed by atoms with Crippen molar-refractivity contribution < 1.29 is 9.90 Å². The summed E-state index contributed by atoms with van der Waals surface area (Å²) in [5, 5.41) is 9.77. The Hall–Kier alpha value is -0.970. The molecule has 2 rings (SSSR count). The predicted octanol–water partition coefficient (Wildman–Crippen LogP) is 1.72. The molecule has 1 saturated carbocycles. The van der Waals surface area contributed by atoms with Crippen LogP contribution in [-0.2, 0) is 7.05 Å². The van der Waals surface area contributed by atoms with Gasteiger partial charge in [-0.05, 0) is 19.1 Å². The molecule has 0 unspecified atom stereocenters. The van der Waals surface area contributed by atoms with E-state index in [0.29, 0.717) is 5.92 Å². The van der Waals surface area contributed by atoms with Crippen LogP contribution in [0.4, 0.5) is 0 Å². The van der Waals surface area contributed by atoms with Crippen molar-refractivity contribution in [2.45, 2.75) is 23.9 Å². The molecule has 0 amide bonds. The van der Waals surface area contributed by atoms with Gasteiger partial charge in [-0.2, -0.15) is 0 Å². The molecule has 0 aliphatic heterocycles. The van der Waals surface area contributed by atoms with E-state index in [2.05, 4.69) is 4.98 Å². The Morgan fingerprint density at radius 2 is 2.29 bits per heavy atom. The summed E-state index contributed by atoms with van der Waals surface area (Å²) in [4.78, 5) is 15.1. The number of carbonyl (C=O) groups is 1. The van der Waals surface area contributed by atoms with Gasteiger partial charge in [-0.1, -0.05) is 11.8 Å². The van der Waals surface area contributed by atoms with Crippen molar-refractivity contribution in [3.8, 4) is 0 Å². The minimum Gasteiger partial charge on any atom is -0.476 e. The monoisotopic (exact) mass is 212 g/mol. The fourth-order valence-electron chi connectivity index (χ4n) is 1.65. The van der Waals surface area contributed by atoms with Crippen LogP contribution in [0.5, 0.6) is 0 Å². The van der Waals surface area contributed by atoms with E-state index in [1.807, 2.05) is 17.9 Å². The number of imidazole rings is 1. The first kappa shape index (κ1) is 9.58. The zero-order valence-corrected chi connectivity index (χ0v) is 8.97. The number of hydrogen-bond acceptors (Lipinski definition) is 3. The van der Waals surface area contributed by atoms with Gasteiger partial charge in [0.25, 0.3) is 0 Å². The zero-order valence-electron chi connectivity index (χ0n) is 8.15. The number of hydrogen-bond donors (Lipinski definition) is 1. The molecule has 1 aliphatic carbocycles. The molecule has 76 valence electrons. The van der Waals surface area contributed by atoms with Crippen molar-refractivity contribution in [1.29, 1.82) is 0 Å². The Morgan fingerprint density at radius 3 is 2.71 bits per heavy atom. The van der Waals surface area contributed by atoms with E-state index in [0.717, 1.165) is 23.7 Å². The molecule has 14 heavy (non-hydrogen) atoms. The lowest BCUT2D eigenvalue weighted by Crippen LogP contribution is -2.03. The number of carboxylic acid groups (broad SMARTS) is 1. The molecule has 0 bridgehead atoms. The Labute approximate surface area is 86.3 Å². The number of carboxylic acids is 1. The first-order valence-corrected chi connectivity index (χ1v) is 5.71. The molecule has 0 spiro atoms. The van der Waals surface area contributed by atoms with Gasteiger partial charge in [-0.25, -0.2) is 9.78 Å². The number of rotatable bonds is 3. The Balaban J connectivity index is 2.51. The Bertz CT molecular complexity index is 382. The molecule has 1 heterocycles. The van der Waals surface area contributed by atoms with Crippen molar-refractivity contribution in [3.63, 3.8) is 0 Å². The van der Waals surface area contributed by atoms with Gasteiger partial charge in [0.1, 0.15) is 0 Å².